The van der Waals surface area contributed by atoms with E-state index in [-0.39, 0.29) is 34.3 Å². The molecule has 12 heteroatoms. The number of amides is 1. The summed E-state index contributed by atoms with van der Waals surface area (Å²) in [5.74, 6) is -0.906. The summed E-state index contributed by atoms with van der Waals surface area (Å²) < 4.78 is 37.0. The number of hydrogen-bond acceptors (Lipinski definition) is 8. The number of aliphatic carboxylic acids is 1. The first-order chi connectivity index (χ1) is 21.2. The molecule has 0 unspecified atom stereocenters. The second-order valence-electron chi connectivity index (χ2n) is 11.4. The van der Waals surface area contributed by atoms with Crippen molar-refractivity contribution in [2.75, 3.05) is 24.3 Å². The molecule has 0 saturated heterocycles. The van der Waals surface area contributed by atoms with Gasteiger partial charge in [-0.3, -0.25) is 4.79 Å². The highest BCUT2D eigenvalue weighted by molar-refractivity contribution is 7.91. The molecule has 0 aliphatic carbocycles. The topological polar surface area (TPSA) is 123 Å². The van der Waals surface area contributed by atoms with Gasteiger partial charge in [-0.05, 0) is 73.0 Å². The van der Waals surface area contributed by atoms with Gasteiger partial charge in [0.05, 0.1) is 22.0 Å². The van der Waals surface area contributed by atoms with E-state index in [0.29, 0.717) is 34.9 Å². The van der Waals surface area contributed by atoms with E-state index >= 15 is 0 Å². The summed E-state index contributed by atoms with van der Waals surface area (Å²) in [5.41, 5.74) is 2.39. The van der Waals surface area contributed by atoms with Crippen molar-refractivity contribution >= 4 is 50.3 Å². The number of hydrogen-bond donors (Lipinski definition) is 1. The van der Waals surface area contributed by atoms with Gasteiger partial charge in [-0.2, -0.15) is 0 Å². The fraction of sp³-hybridized carbons (Fsp3) is 0.303. The van der Waals surface area contributed by atoms with Crippen molar-refractivity contribution in [2.45, 2.75) is 50.5 Å². The molecule has 3 aromatic carbocycles. The molecule has 1 heterocycles. The van der Waals surface area contributed by atoms with E-state index in [1.54, 1.807) is 49.5 Å². The molecule has 1 N–H and O–H groups in total. The molecule has 0 bridgehead atoms. The van der Waals surface area contributed by atoms with Crippen molar-refractivity contribution in [2.24, 2.45) is 0 Å². The molecule has 0 radical (unpaired) electrons. The summed E-state index contributed by atoms with van der Waals surface area (Å²) in [6, 6.07) is 17.8. The van der Waals surface area contributed by atoms with Crippen molar-refractivity contribution in [1.29, 1.82) is 0 Å². The average molecular weight is 671 g/mol. The van der Waals surface area contributed by atoms with Gasteiger partial charge < -0.3 is 19.5 Å². The average Bonchev–Trinajstić information content (AvgIpc) is 3.49. The van der Waals surface area contributed by atoms with Crippen molar-refractivity contribution in [3.8, 4) is 11.5 Å². The Morgan fingerprint density at radius 2 is 1.76 bits per heavy atom. The fourth-order valence-corrected chi connectivity index (χ4v) is 6.73. The highest BCUT2D eigenvalue weighted by Crippen LogP contribution is 2.32. The minimum atomic E-state index is -3.51. The number of carbonyl (C=O) groups excluding carboxylic acids is 1. The second-order valence-corrected chi connectivity index (χ2v) is 14.9. The van der Waals surface area contributed by atoms with E-state index in [1.807, 2.05) is 5.38 Å². The van der Waals surface area contributed by atoms with Crippen LogP contribution in [0.3, 0.4) is 0 Å². The van der Waals surface area contributed by atoms with E-state index < -0.39 is 22.4 Å². The number of carboxylic acids is 1. The van der Waals surface area contributed by atoms with Crippen LogP contribution in [-0.4, -0.2) is 49.8 Å². The van der Waals surface area contributed by atoms with Crippen LogP contribution in [0.5, 0.6) is 11.5 Å². The number of aryl methyl sites for hydroxylation is 1. The minimum absolute atomic E-state index is 0.0644. The van der Waals surface area contributed by atoms with Crippen LogP contribution in [0, 0.1) is 0 Å². The zero-order chi connectivity index (χ0) is 32.8. The fourth-order valence-electron chi connectivity index (χ4n) is 4.36. The predicted octanol–water partition coefficient (Wildman–Crippen LogP) is 6.82. The molecule has 0 aliphatic heterocycles. The second kappa shape index (κ2) is 14.4. The van der Waals surface area contributed by atoms with Crippen LogP contribution in [0.4, 0.5) is 5.69 Å². The lowest BCUT2D eigenvalue weighted by atomic mass is 9.93. The first-order valence-electron chi connectivity index (χ1n) is 14.1. The third kappa shape index (κ3) is 9.29. The largest absolute Gasteiger partial charge is 0.486 e. The van der Waals surface area contributed by atoms with Gasteiger partial charge in [-0.1, -0.05) is 44.5 Å². The molecular weight excluding hydrogens is 636 g/mol. The third-order valence-corrected chi connectivity index (χ3v) is 9.75. The van der Waals surface area contributed by atoms with Crippen molar-refractivity contribution in [3.05, 3.63) is 99.0 Å². The number of sulfone groups is 1. The molecule has 0 aliphatic rings. The highest BCUT2D eigenvalue weighted by Gasteiger charge is 2.21. The number of thiazole rings is 1. The molecule has 4 rings (SSSR count). The molecule has 0 saturated carbocycles. The number of halogens is 1. The molecule has 1 amide bonds. The number of aromatic nitrogens is 1. The third-order valence-electron chi connectivity index (χ3n) is 6.86. The van der Waals surface area contributed by atoms with Crippen molar-refractivity contribution < 1.29 is 32.6 Å². The molecule has 9 nitrogen and oxygen atoms in total. The molecule has 238 valence electrons. The lowest BCUT2D eigenvalue weighted by molar-refractivity contribution is -0.139. The summed E-state index contributed by atoms with van der Waals surface area (Å²) >= 11 is 7.40. The molecular formula is C33H35ClN2O7S2. The Bertz CT molecular complexity index is 1760. The Labute approximate surface area is 272 Å². The van der Waals surface area contributed by atoms with E-state index in [0.717, 1.165) is 16.3 Å². The van der Waals surface area contributed by atoms with Crippen LogP contribution >= 0.6 is 22.9 Å². The Morgan fingerprint density at radius 1 is 1.02 bits per heavy atom. The molecule has 45 heavy (non-hydrogen) atoms. The maximum atomic E-state index is 13.6. The molecule has 1 aromatic heterocycles. The van der Waals surface area contributed by atoms with Crippen LogP contribution in [0.25, 0.3) is 0 Å². The van der Waals surface area contributed by atoms with E-state index in [4.69, 9.17) is 26.2 Å². The first kappa shape index (κ1) is 34.0. The number of nitrogens with zero attached hydrogens (tertiary/aromatic N) is 2. The maximum Gasteiger partial charge on any atom is 0.341 e. The predicted molar refractivity (Wildman–Crippen MR) is 176 cm³/mol. The van der Waals surface area contributed by atoms with Gasteiger partial charge in [0.1, 0.15) is 23.1 Å². The van der Waals surface area contributed by atoms with Gasteiger partial charge in [0, 0.05) is 28.4 Å². The van der Waals surface area contributed by atoms with Gasteiger partial charge in [0.25, 0.3) is 5.91 Å². The normalized spacial score (nSPS) is 11.7. The molecule has 0 spiro atoms. The van der Waals surface area contributed by atoms with Crippen LogP contribution < -0.4 is 14.4 Å². The number of anilines is 1. The van der Waals surface area contributed by atoms with E-state index in [1.165, 1.54) is 40.5 Å². The maximum absolute atomic E-state index is 13.6. The number of rotatable bonds is 13. The van der Waals surface area contributed by atoms with E-state index in [2.05, 4.69) is 25.8 Å². The monoisotopic (exact) mass is 670 g/mol. The molecule has 4 aromatic rings. The number of carbonyl (C=O) groups is 2. The van der Waals surface area contributed by atoms with Crippen LogP contribution in [-0.2, 0) is 33.1 Å². The zero-order valence-corrected chi connectivity index (χ0v) is 27.8. The van der Waals surface area contributed by atoms with Gasteiger partial charge >= 0.3 is 5.97 Å². The SMILES string of the molecule is CN(C(=O)c1cccc(OCc2nc(C(C)(C)C)cs2)c1)c1cc(CCCS(=O)(=O)c2ccc(Cl)cc2)ccc1OCC(=O)O. The Hall–Kier alpha value is -3.93. The van der Waals surface area contributed by atoms with Crippen molar-refractivity contribution in [3.63, 3.8) is 0 Å². The minimum Gasteiger partial charge on any atom is -0.486 e. The van der Waals surface area contributed by atoms with Crippen molar-refractivity contribution in [1.82, 2.24) is 4.98 Å². The van der Waals surface area contributed by atoms with Crippen LogP contribution in [0.2, 0.25) is 5.02 Å². The Morgan fingerprint density at radius 3 is 2.42 bits per heavy atom. The first-order valence-corrected chi connectivity index (χ1v) is 17.1. The summed E-state index contributed by atoms with van der Waals surface area (Å²) in [5, 5.41) is 12.5. The lowest BCUT2D eigenvalue weighted by Crippen LogP contribution is -2.27. The quantitative estimate of drug-likeness (QED) is 0.164. The summed E-state index contributed by atoms with van der Waals surface area (Å²) in [6.45, 7) is 5.96. The summed E-state index contributed by atoms with van der Waals surface area (Å²) in [4.78, 5) is 31.0. The highest BCUT2D eigenvalue weighted by atomic mass is 35.5. The number of ether oxygens (including phenoxy) is 2. The van der Waals surface area contributed by atoms with Gasteiger partial charge in [-0.25, -0.2) is 18.2 Å². The Kier molecular flexibility index (Phi) is 10.9. The van der Waals surface area contributed by atoms with Crippen LogP contribution in [0.1, 0.15) is 53.8 Å². The zero-order valence-electron chi connectivity index (χ0n) is 25.4. The summed E-state index contributed by atoms with van der Waals surface area (Å²) in [7, 11) is -1.94. The molecule has 0 fully saturated rings. The Balaban J connectivity index is 1.48. The lowest BCUT2D eigenvalue weighted by Gasteiger charge is -2.22. The molecule has 0 atom stereocenters. The van der Waals surface area contributed by atoms with Gasteiger partial charge in [-0.15, -0.1) is 11.3 Å². The standard InChI is InChI=1S/C33H35ClN2O7S2/c1-33(2,3)29-21-44-30(35-29)19-42-25-9-5-8-23(18-25)32(39)36(4)27-17-22(10-15-28(27)43-20-31(37)38)7-6-16-45(40,41)26-13-11-24(34)12-14-26/h5,8-15,17-18,21H,6-7,16,19-20H2,1-4H3,(H,37,38). The smallest absolute Gasteiger partial charge is 0.341 e. The van der Waals surface area contributed by atoms with Crippen LogP contribution in [0.15, 0.2) is 77.0 Å². The summed E-state index contributed by atoms with van der Waals surface area (Å²) in [6.07, 6.45) is 0.727. The van der Waals surface area contributed by atoms with E-state index in [9.17, 15) is 18.0 Å². The van der Waals surface area contributed by atoms with Gasteiger partial charge in [0.2, 0.25) is 0 Å². The van der Waals surface area contributed by atoms with Gasteiger partial charge in [0.15, 0.2) is 16.4 Å². The number of carboxylic acid groups (broad SMARTS) is 1. The number of benzene rings is 3.